The lowest BCUT2D eigenvalue weighted by Crippen LogP contribution is -2.75. The summed E-state index contributed by atoms with van der Waals surface area (Å²) in [6.45, 7) is 50.1. The first-order valence-electron chi connectivity index (χ1n) is 35.7. The summed E-state index contributed by atoms with van der Waals surface area (Å²) in [5.41, 5.74) is 27.4. The Labute approximate surface area is 571 Å². The number of rotatable bonds is 13. The summed E-state index contributed by atoms with van der Waals surface area (Å²) >= 11 is 0. The Balaban J connectivity index is 1.24. The minimum absolute atomic E-state index is 0.0243. The van der Waals surface area contributed by atoms with Crippen LogP contribution in [0.3, 0.4) is 0 Å². The average molecular weight is 1260 g/mol. The number of fused-ring (bicyclic) bond motifs is 7. The summed E-state index contributed by atoms with van der Waals surface area (Å²) in [7, 11) is -3.08. The lowest BCUT2D eigenvalue weighted by atomic mass is 9.33. The predicted octanol–water partition coefficient (Wildman–Crippen LogP) is 20.9. The standard InChI is InChI=1S/C90H102BN3Si/c1-55(2)61-45-71(57(5)6)86(72(46-61)58(7)8)93-81-44-40-70(95(67-31-25-22-26-32-67,68-33-27-23-28-34-68)69-35-29-24-30-36-69)54-78(81)91-77-41-39-66(92-79-42-37-63(88(13,14)15)49-75(79)76-50-64(89(16,17)18)38-43-80(76)92)53-82(77)94(84-52-65(90(19,20)21)51-83(93)85(84)91)87-73(59(9)10)47-62(56(3)4)48-74(87)60(11)12/h22-60H,1-21H3. The molecule has 95 heavy (non-hydrogen) atoms. The molecule has 10 aromatic carbocycles. The quantitative estimate of drug-likeness (QED) is 0.0842. The first kappa shape index (κ1) is 65.5. The van der Waals surface area contributed by atoms with Gasteiger partial charge in [-0.25, -0.2) is 0 Å². The van der Waals surface area contributed by atoms with Gasteiger partial charge in [-0.1, -0.05) is 291 Å². The molecule has 0 radical (unpaired) electrons. The summed E-state index contributed by atoms with van der Waals surface area (Å²) in [5.74, 6) is 1.68. The van der Waals surface area contributed by atoms with Crippen LogP contribution in [0.15, 0.2) is 200 Å². The van der Waals surface area contributed by atoms with Crippen LogP contribution in [0.4, 0.5) is 34.1 Å². The Bertz CT molecular complexity index is 4510. The largest absolute Gasteiger partial charge is 0.311 e. The van der Waals surface area contributed by atoms with Crippen LogP contribution in [0.1, 0.15) is 231 Å². The van der Waals surface area contributed by atoms with E-state index in [1.165, 1.54) is 143 Å². The topological polar surface area (TPSA) is 11.4 Å². The zero-order valence-corrected chi connectivity index (χ0v) is 61.9. The number of anilines is 6. The first-order chi connectivity index (χ1) is 45.0. The van der Waals surface area contributed by atoms with Gasteiger partial charge in [0.15, 0.2) is 8.07 Å². The Morgan fingerprint density at radius 1 is 0.316 bits per heavy atom. The molecule has 3 heterocycles. The molecular formula is C90H102BN3Si. The molecule has 2 aliphatic rings. The maximum absolute atomic E-state index is 3.08. The van der Waals surface area contributed by atoms with E-state index in [2.05, 4.69) is 360 Å². The lowest BCUT2D eigenvalue weighted by molar-refractivity contribution is 0.590. The highest BCUT2D eigenvalue weighted by Gasteiger charge is 2.49. The Morgan fingerprint density at radius 3 is 1.07 bits per heavy atom. The highest BCUT2D eigenvalue weighted by Crippen LogP contribution is 2.53. The number of hydrogen-bond donors (Lipinski definition) is 0. The van der Waals surface area contributed by atoms with Crippen LogP contribution in [0, 0.1) is 0 Å². The molecule has 13 rings (SSSR count). The van der Waals surface area contributed by atoms with Crippen molar-refractivity contribution in [1.82, 2.24) is 4.57 Å². The molecule has 0 aliphatic carbocycles. The van der Waals surface area contributed by atoms with Gasteiger partial charge in [-0.2, -0.15) is 0 Å². The molecule has 3 nitrogen and oxygen atoms in total. The molecule has 0 spiro atoms. The Morgan fingerprint density at radius 2 is 0.705 bits per heavy atom. The molecule has 5 heteroatoms. The van der Waals surface area contributed by atoms with Crippen LogP contribution in [0.5, 0.6) is 0 Å². The number of benzene rings is 10. The summed E-state index contributed by atoms with van der Waals surface area (Å²) in [6.07, 6.45) is 0. The van der Waals surface area contributed by atoms with E-state index in [4.69, 9.17) is 0 Å². The minimum Gasteiger partial charge on any atom is -0.311 e. The molecule has 0 amide bonds. The maximum atomic E-state index is 2.82. The summed E-state index contributed by atoms with van der Waals surface area (Å²) < 4.78 is 2.60. The molecule has 0 unspecified atom stereocenters. The van der Waals surface area contributed by atoms with Gasteiger partial charge < -0.3 is 14.4 Å². The second-order valence-electron chi connectivity index (χ2n) is 33.0. The van der Waals surface area contributed by atoms with Crippen molar-refractivity contribution < 1.29 is 0 Å². The van der Waals surface area contributed by atoms with Gasteiger partial charge in [0.05, 0.1) is 22.4 Å². The maximum Gasteiger partial charge on any atom is 0.252 e. The van der Waals surface area contributed by atoms with Crippen molar-refractivity contribution >= 4 is 108 Å². The fourth-order valence-corrected chi connectivity index (χ4v) is 20.7. The van der Waals surface area contributed by atoms with E-state index >= 15 is 0 Å². The van der Waals surface area contributed by atoms with E-state index < -0.39 is 8.07 Å². The Kier molecular flexibility index (Phi) is 16.7. The molecule has 0 fully saturated rings. The number of aromatic nitrogens is 1. The van der Waals surface area contributed by atoms with Crippen LogP contribution in [0.2, 0.25) is 0 Å². The van der Waals surface area contributed by atoms with E-state index in [0.29, 0.717) is 11.8 Å². The third-order valence-corrected chi connectivity index (χ3v) is 26.2. The SMILES string of the molecule is CC(C)c1cc(C(C)C)c(N2c3ccc([Si](c4ccccc4)(c4ccccc4)c4ccccc4)cc3B3c4ccc(-n5c6ccc(C(C)(C)C)cc6c6cc(C(C)(C)C)ccc65)cc4N(c4c(C(C)C)cc(C(C)C)cc4C(C)C)c4cc(C(C)(C)C)cc2c43)c(C(C)C)c1. The zero-order valence-electron chi connectivity index (χ0n) is 60.9. The van der Waals surface area contributed by atoms with Gasteiger partial charge in [0.25, 0.3) is 6.71 Å². The van der Waals surface area contributed by atoms with E-state index in [1.807, 2.05) is 0 Å². The molecule has 0 atom stereocenters. The molecule has 2 aliphatic heterocycles. The van der Waals surface area contributed by atoms with Crippen molar-refractivity contribution in [2.75, 3.05) is 9.80 Å². The van der Waals surface area contributed by atoms with Crippen LogP contribution >= 0.6 is 0 Å². The predicted molar refractivity (Wildman–Crippen MR) is 419 cm³/mol. The second-order valence-corrected chi connectivity index (χ2v) is 36.8. The van der Waals surface area contributed by atoms with Crippen molar-refractivity contribution in [1.29, 1.82) is 0 Å². The fourth-order valence-electron chi connectivity index (χ4n) is 15.9. The van der Waals surface area contributed by atoms with Gasteiger partial charge in [0.1, 0.15) is 0 Å². The molecule has 1 aromatic heterocycles. The molecule has 0 bridgehead atoms. The van der Waals surface area contributed by atoms with Gasteiger partial charge in [0.2, 0.25) is 0 Å². The van der Waals surface area contributed by atoms with E-state index in [0.717, 1.165) is 5.69 Å². The van der Waals surface area contributed by atoms with Gasteiger partial charge in [0, 0.05) is 39.2 Å². The third kappa shape index (κ3) is 11.0. The highest BCUT2D eigenvalue weighted by molar-refractivity contribution is 7.20. The van der Waals surface area contributed by atoms with Gasteiger partial charge in [-0.05, 0) is 194 Å². The highest BCUT2D eigenvalue weighted by atomic mass is 28.3. The van der Waals surface area contributed by atoms with Crippen molar-refractivity contribution in [2.45, 2.75) is 197 Å². The lowest BCUT2D eigenvalue weighted by Gasteiger charge is -2.47. The van der Waals surface area contributed by atoms with Crippen LogP contribution in [0.25, 0.3) is 27.5 Å². The smallest absolute Gasteiger partial charge is 0.252 e. The molecule has 0 saturated heterocycles. The van der Waals surface area contributed by atoms with E-state index in [-0.39, 0.29) is 46.6 Å². The number of nitrogens with zero attached hydrogens (tertiary/aromatic N) is 3. The third-order valence-electron chi connectivity index (χ3n) is 21.4. The summed E-state index contributed by atoms with van der Waals surface area (Å²) in [5, 5.41) is 8.09. The van der Waals surface area contributed by atoms with Crippen molar-refractivity contribution in [3.8, 4) is 5.69 Å². The van der Waals surface area contributed by atoms with Crippen molar-refractivity contribution in [2.24, 2.45) is 0 Å². The zero-order chi connectivity index (χ0) is 67.7. The summed E-state index contributed by atoms with van der Waals surface area (Å²) in [4.78, 5) is 5.62. The van der Waals surface area contributed by atoms with Crippen LogP contribution in [-0.2, 0) is 16.2 Å². The van der Waals surface area contributed by atoms with Gasteiger partial charge >= 0.3 is 0 Å². The molecule has 0 saturated carbocycles. The van der Waals surface area contributed by atoms with Gasteiger partial charge in [-0.15, -0.1) is 0 Å². The minimum atomic E-state index is -3.08. The van der Waals surface area contributed by atoms with E-state index in [1.54, 1.807) is 0 Å². The second kappa shape index (κ2) is 24.2. The molecule has 0 N–H and O–H groups in total. The normalized spacial score (nSPS) is 13.6. The Hall–Kier alpha value is -8.12. The first-order valence-corrected chi connectivity index (χ1v) is 37.7. The van der Waals surface area contributed by atoms with Crippen LogP contribution in [-0.4, -0.2) is 19.4 Å². The number of hydrogen-bond acceptors (Lipinski definition) is 2. The van der Waals surface area contributed by atoms with Crippen LogP contribution < -0.4 is 46.9 Å². The molecule has 484 valence electrons. The molecular weight excluding hydrogens is 1160 g/mol. The van der Waals surface area contributed by atoms with E-state index in [9.17, 15) is 0 Å². The van der Waals surface area contributed by atoms with Crippen molar-refractivity contribution in [3.05, 3.63) is 250 Å². The monoisotopic (exact) mass is 1260 g/mol. The van der Waals surface area contributed by atoms with Crippen molar-refractivity contribution in [3.63, 3.8) is 0 Å². The van der Waals surface area contributed by atoms with Gasteiger partial charge in [-0.3, -0.25) is 0 Å². The fraction of sp³-hybridized carbons (Fsp3) is 0.333. The molecule has 11 aromatic rings. The average Bonchev–Trinajstić information content (AvgIpc) is 0.982. The summed E-state index contributed by atoms with van der Waals surface area (Å²) in [6, 6.07) is 80.4.